The first-order valence-corrected chi connectivity index (χ1v) is 16.6. The zero-order valence-electron chi connectivity index (χ0n) is 26.5. The van der Waals surface area contributed by atoms with E-state index in [9.17, 15) is 4.79 Å². The van der Waals surface area contributed by atoms with Crippen LogP contribution in [0.2, 0.25) is 0 Å². The fraction of sp³-hybridized carbons (Fsp3) is 0.788. The summed E-state index contributed by atoms with van der Waals surface area (Å²) in [6.45, 7) is 16.9. The van der Waals surface area contributed by atoms with E-state index in [0.717, 1.165) is 72.5 Å². The van der Waals surface area contributed by atoms with Gasteiger partial charge in [0, 0.05) is 43.4 Å². The van der Waals surface area contributed by atoms with Gasteiger partial charge in [-0.2, -0.15) is 0 Å². The van der Waals surface area contributed by atoms with E-state index in [1.54, 1.807) is 0 Å². The third-order valence-corrected chi connectivity index (χ3v) is 7.91. The van der Waals surface area contributed by atoms with Crippen molar-refractivity contribution in [2.24, 2.45) is 0 Å². The number of carbonyl (C=O) groups is 1. The van der Waals surface area contributed by atoms with Crippen LogP contribution in [0.25, 0.3) is 0 Å². The predicted octanol–water partition coefficient (Wildman–Crippen LogP) is 7.81. The van der Waals surface area contributed by atoms with E-state index in [1.165, 1.54) is 6.92 Å². The molecule has 0 radical (unpaired) electrons. The highest BCUT2D eigenvalue weighted by Gasteiger charge is 2.52. The average molecular weight is 644 g/mol. The molecule has 0 bridgehead atoms. The maximum atomic E-state index is 12.6. The Kier molecular flexibility index (Phi) is 17.7. The summed E-state index contributed by atoms with van der Waals surface area (Å²) in [5.74, 6) is -0.367. The van der Waals surface area contributed by atoms with Gasteiger partial charge in [0.15, 0.2) is 6.10 Å². The molecule has 1 aliphatic rings. The molecule has 0 spiro atoms. The van der Waals surface area contributed by atoms with Gasteiger partial charge in [0.1, 0.15) is 30.5 Å². The van der Waals surface area contributed by atoms with E-state index < -0.39 is 30.5 Å². The second-order valence-corrected chi connectivity index (χ2v) is 12.0. The van der Waals surface area contributed by atoms with Crippen LogP contribution in [0.15, 0.2) is 16.6 Å². The van der Waals surface area contributed by atoms with Crippen LogP contribution in [0.5, 0.6) is 0 Å². The minimum absolute atomic E-state index is 0.367. The first-order valence-electron chi connectivity index (χ1n) is 15.8. The van der Waals surface area contributed by atoms with Gasteiger partial charge in [0.05, 0.1) is 6.61 Å². The molecule has 1 saturated heterocycles. The lowest BCUT2D eigenvalue weighted by Crippen LogP contribution is -2.63. The third kappa shape index (κ3) is 11.5. The molecule has 6 atom stereocenters. The van der Waals surface area contributed by atoms with E-state index in [1.807, 2.05) is 26.0 Å². The summed E-state index contributed by atoms with van der Waals surface area (Å²) in [5, 5.41) is 0. The van der Waals surface area contributed by atoms with Gasteiger partial charge in [-0.05, 0) is 62.8 Å². The number of ether oxygens (including phenoxy) is 6. The number of benzene rings is 1. The molecule has 0 aromatic heterocycles. The summed E-state index contributed by atoms with van der Waals surface area (Å²) in [6.07, 6.45) is 4.91. The standard InChI is InChI=1S/C33H55BrO7/c1-8-12-16-36-22-27-29(37-17-13-9-2)31(38-18-14-10-3)32(39-19-15-11-4)33(41-27)30(40-25(7)35)28-23(5)20-26(34)21-24(28)6/h20-21,27,29-33H,8-19,22H2,1-7H3/t27?,29-,30-,31+,32?,33-/m1/s1. The molecule has 2 unspecified atom stereocenters. The van der Waals surface area contributed by atoms with Crippen molar-refractivity contribution in [2.75, 3.05) is 33.0 Å². The molecule has 1 aromatic carbocycles. The smallest absolute Gasteiger partial charge is 0.303 e. The molecular formula is C33H55BrO7. The summed E-state index contributed by atoms with van der Waals surface area (Å²) < 4.78 is 39.9. The van der Waals surface area contributed by atoms with Gasteiger partial charge >= 0.3 is 5.97 Å². The Bertz CT molecular complexity index is 856. The number of hydrogen-bond donors (Lipinski definition) is 0. The molecule has 1 aromatic rings. The van der Waals surface area contributed by atoms with Crippen molar-refractivity contribution in [3.05, 3.63) is 33.3 Å². The molecule has 7 nitrogen and oxygen atoms in total. The molecule has 0 aliphatic carbocycles. The minimum atomic E-state index is -0.681. The highest BCUT2D eigenvalue weighted by atomic mass is 79.9. The SMILES string of the molecule is CCCCOCC1O[C@H]([C@H](OC(C)=O)c2c(C)cc(Br)cc2C)C(OCCCC)[C@@H](OCCCC)[C@@H]1OCCCC. The number of aryl methyl sites for hydroxylation is 2. The maximum absolute atomic E-state index is 12.6. The number of rotatable bonds is 20. The van der Waals surface area contributed by atoms with E-state index in [2.05, 4.69) is 43.6 Å². The lowest BCUT2D eigenvalue weighted by atomic mass is 9.86. The van der Waals surface area contributed by atoms with Gasteiger partial charge in [-0.15, -0.1) is 0 Å². The lowest BCUT2D eigenvalue weighted by Gasteiger charge is -2.48. The topological polar surface area (TPSA) is 72.5 Å². The molecule has 0 saturated carbocycles. The fourth-order valence-corrected chi connectivity index (χ4v) is 5.97. The first-order chi connectivity index (χ1) is 19.8. The molecular weight excluding hydrogens is 588 g/mol. The highest BCUT2D eigenvalue weighted by Crippen LogP contribution is 2.40. The Morgan fingerprint density at radius 1 is 0.805 bits per heavy atom. The number of unbranched alkanes of at least 4 members (excludes halogenated alkanes) is 4. The van der Waals surface area contributed by atoms with Gasteiger partial charge in [-0.1, -0.05) is 69.3 Å². The van der Waals surface area contributed by atoms with Crippen molar-refractivity contribution < 1.29 is 33.2 Å². The number of carbonyl (C=O) groups excluding carboxylic acids is 1. The summed E-state index contributed by atoms with van der Waals surface area (Å²) in [6, 6.07) is 4.09. The van der Waals surface area contributed by atoms with E-state index in [4.69, 9.17) is 28.4 Å². The molecule has 2 rings (SSSR count). The van der Waals surface area contributed by atoms with E-state index >= 15 is 0 Å². The average Bonchev–Trinajstić information content (AvgIpc) is 2.91. The van der Waals surface area contributed by atoms with E-state index in [0.29, 0.717) is 33.0 Å². The first kappa shape index (κ1) is 36.2. The fourth-order valence-electron chi connectivity index (χ4n) is 5.28. The van der Waals surface area contributed by atoms with Crippen molar-refractivity contribution in [2.45, 2.75) is 136 Å². The lowest BCUT2D eigenvalue weighted by molar-refractivity contribution is -0.283. The van der Waals surface area contributed by atoms with Crippen molar-refractivity contribution >= 4 is 21.9 Å². The largest absolute Gasteiger partial charge is 0.455 e. The molecule has 236 valence electrons. The molecule has 1 heterocycles. The molecule has 1 aliphatic heterocycles. The van der Waals surface area contributed by atoms with Gasteiger partial charge in [-0.3, -0.25) is 4.79 Å². The van der Waals surface area contributed by atoms with Crippen LogP contribution in [0.4, 0.5) is 0 Å². The van der Waals surface area contributed by atoms with Crippen LogP contribution in [0.1, 0.15) is 109 Å². The van der Waals surface area contributed by atoms with Gasteiger partial charge < -0.3 is 28.4 Å². The highest BCUT2D eigenvalue weighted by molar-refractivity contribution is 9.10. The predicted molar refractivity (Wildman–Crippen MR) is 166 cm³/mol. The minimum Gasteiger partial charge on any atom is -0.455 e. The molecule has 41 heavy (non-hydrogen) atoms. The van der Waals surface area contributed by atoms with Crippen molar-refractivity contribution in [3.8, 4) is 0 Å². The Hall–Kier alpha value is -1.03. The van der Waals surface area contributed by atoms with Gasteiger partial charge in [-0.25, -0.2) is 0 Å². The molecule has 0 N–H and O–H groups in total. The Morgan fingerprint density at radius 2 is 1.29 bits per heavy atom. The van der Waals surface area contributed by atoms with Crippen LogP contribution in [-0.4, -0.2) is 69.5 Å². The summed E-state index contributed by atoms with van der Waals surface area (Å²) >= 11 is 3.61. The summed E-state index contributed by atoms with van der Waals surface area (Å²) in [5.41, 5.74) is 2.96. The molecule has 8 heteroatoms. The quantitative estimate of drug-likeness (QED) is 0.106. The van der Waals surface area contributed by atoms with Gasteiger partial charge in [0.2, 0.25) is 0 Å². The summed E-state index contributed by atoms with van der Waals surface area (Å²) in [7, 11) is 0. The Morgan fingerprint density at radius 3 is 1.80 bits per heavy atom. The van der Waals surface area contributed by atoms with Crippen LogP contribution < -0.4 is 0 Å². The zero-order chi connectivity index (χ0) is 30.2. The summed E-state index contributed by atoms with van der Waals surface area (Å²) in [4.78, 5) is 12.6. The van der Waals surface area contributed by atoms with Crippen LogP contribution in [0.3, 0.4) is 0 Å². The van der Waals surface area contributed by atoms with Crippen LogP contribution in [-0.2, 0) is 33.2 Å². The monoisotopic (exact) mass is 642 g/mol. The van der Waals surface area contributed by atoms with E-state index in [-0.39, 0.29) is 12.1 Å². The Labute approximate surface area is 257 Å². The van der Waals surface area contributed by atoms with Crippen LogP contribution in [0, 0.1) is 13.8 Å². The number of hydrogen-bond acceptors (Lipinski definition) is 7. The molecule has 0 amide bonds. The molecule has 1 fully saturated rings. The van der Waals surface area contributed by atoms with Gasteiger partial charge in [0.25, 0.3) is 0 Å². The zero-order valence-corrected chi connectivity index (χ0v) is 28.1. The number of halogens is 1. The third-order valence-electron chi connectivity index (χ3n) is 7.45. The van der Waals surface area contributed by atoms with Crippen molar-refractivity contribution in [1.82, 2.24) is 0 Å². The Balaban J connectivity index is 2.62. The normalized spacial score (nSPS) is 23.5. The van der Waals surface area contributed by atoms with Crippen molar-refractivity contribution in [1.29, 1.82) is 0 Å². The van der Waals surface area contributed by atoms with Crippen LogP contribution >= 0.6 is 15.9 Å². The maximum Gasteiger partial charge on any atom is 0.303 e. The number of esters is 1. The second-order valence-electron chi connectivity index (χ2n) is 11.1. The van der Waals surface area contributed by atoms with Crippen molar-refractivity contribution in [3.63, 3.8) is 0 Å². The second kappa shape index (κ2) is 20.0.